The largest absolute Gasteiger partial charge is 0.485 e. The van der Waals surface area contributed by atoms with Crippen LogP contribution in [0.4, 0.5) is 5.69 Å². The van der Waals surface area contributed by atoms with Gasteiger partial charge in [0.1, 0.15) is 11.6 Å². The highest BCUT2D eigenvalue weighted by atomic mass is 32.2. The zero-order valence-electron chi connectivity index (χ0n) is 17.2. The summed E-state index contributed by atoms with van der Waals surface area (Å²) in [4.78, 5) is 21.1. The maximum absolute atomic E-state index is 12.9. The Balaban J connectivity index is 1.48. The molecule has 11 heteroatoms. The molecule has 2 aromatic carbocycles. The normalized spacial score (nSPS) is 13.5. The quantitative estimate of drug-likeness (QED) is 0.559. The molecule has 1 aromatic heterocycles. The van der Waals surface area contributed by atoms with Gasteiger partial charge in [0, 0.05) is 25.6 Å². The van der Waals surface area contributed by atoms with Crippen LogP contribution < -0.4 is 14.8 Å². The number of carbonyl (C=O) groups is 1. The third-order valence-electron chi connectivity index (χ3n) is 4.59. The van der Waals surface area contributed by atoms with Gasteiger partial charge in [-0.2, -0.15) is 4.98 Å². The van der Waals surface area contributed by atoms with Gasteiger partial charge in [-0.15, -0.1) is 0 Å². The van der Waals surface area contributed by atoms with Gasteiger partial charge >= 0.3 is 0 Å². The molecule has 3 aromatic rings. The predicted molar refractivity (Wildman–Crippen MR) is 116 cm³/mol. The molecule has 10 nitrogen and oxygen atoms in total. The summed E-state index contributed by atoms with van der Waals surface area (Å²) in [6.45, 7) is 2.32. The van der Waals surface area contributed by atoms with E-state index < -0.39 is 15.9 Å². The SMILES string of the molecule is Cc1nc(COc2ccccc2C(=O)Nc2cccc(S(=O)(=O)NC3=NCCC3)c2)no1. The Morgan fingerprint density at radius 1 is 1.19 bits per heavy atom. The van der Waals surface area contributed by atoms with Crippen LogP contribution in [0.15, 0.2) is 62.9 Å². The van der Waals surface area contributed by atoms with Crippen LogP contribution in [0.1, 0.15) is 34.9 Å². The molecule has 0 spiro atoms. The number of rotatable bonds is 7. The summed E-state index contributed by atoms with van der Waals surface area (Å²) in [5.74, 6) is 1.10. The van der Waals surface area contributed by atoms with Crippen LogP contribution in [-0.2, 0) is 16.6 Å². The van der Waals surface area contributed by atoms with Crippen molar-refractivity contribution in [3.8, 4) is 5.75 Å². The molecule has 2 N–H and O–H groups in total. The summed E-state index contributed by atoms with van der Waals surface area (Å²) in [6, 6.07) is 12.7. The van der Waals surface area contributed by atoms with E-state index in [1.165, 1.54) is 12.1 Å². The highest BCUT2D eigenvalue weighted by Crippen LogP contribution is 2.22. The van der Waals surface area contributed by atoms with Crippen molar-refractivity contribution >= 4 is 27.5 Å². The Morgan fingerprint density at radius 3 is 2.78 bits per heavy atom. The molecule has 0 unspecified atom stereocenters. The second-order valence-electron chi connectivity index (χ2n) is 7.03. The number of aliphatic imine (C=N–C) groups is 1. The topological polar surface area (TPSA) is 136 Å². The number of hydrogen-bond acceptors (Lipinski definition) is 8. The minimum Gasteiger partial charge on any atom is -0.485 e. The number of ether oxygens (including phenoxy) is 1. The van der Waals surface area contributed by atoms with Gasteiger partial charge in [0.05, 0.1) is 10.5 Å². The number of para-hydroxylation sites is 1. The maximum atomic E-state index is 12.9. The van der Waals surface area contributed by atoms with Crippen molar-refractivity contribution in [2.24, 2.45) is 4.99 Å². The lowest BCUT2D eigenvalue weighted by molar-refractivity contribution is 0.102. The molecule has 4 rings (SSSR count). The Kier molecular flexibility index (Phi) is 6.17. The number of benzene rings is 2. The van der Waals surface area contributed by atoms with E-state index in [1.54, 1.807) is 43.3 Å². The molecule has 1 aliphatic rings. The molecule has 32 heavy (non-hydrogen) atoms. The van der Waals surface area contributed by atoms with E-state index in [0.717, 1.165) is 6.42 Å². The van der Waals surface area contributed by atoms with E-state index in [1.807, 2.05) is 0 Å². The third kappa shape index (κ3) is 5.11. The highest BCUT2D eigenvalue weighted by Gasteiger charge is 2.19. The summed E-state index contributed by atoms with van der Waals surface area (Å²) in [5, 5.41) is 6.48. The van der Waals surface area contributed by atoms with E-state index in [4.69, 9.17) is 9.26 Å². The maximum Gasteiger partial charge on any atom is 0.262 e. The van der Waals surface area contributed by atoms with Gasteiger partial charge in [-0.05, 0) is 36.8 Å². The van der Waals surface area contributed by atoms with Crippen molar-refractivity contribution in [1.82, 2.24) is 14.9 Å². The monoisotopic (exact) mass is 455 g/mol. The molecule has 1 aliphatic heterocycles. The lowest BCUT2D eigenvalue weighted by Gasteiger charge is -2.12. The van der Waals surface area contributed by atoms with E-state index in [0.29, 0.717) is 42.0 Å². The van der Waals surface area contributed by atoms with Gasteiger partial charge in [-0.1, -0.05) is 23.4 Å². The first kappa shape index (κ1) is 21.5. The molecule has 2 heterocycles. The molecule has 1 amide bonds. The van der Waals surface area contributed by atoms with Gasteiger partial charge in [-0.3, -0.25) is 14.5 Å². The minimum absolute atomic E-state index is 0.0295. The van der Waals surface area contributed by atoms with Crippen molar-refractivity contribution in [3.05, 3.63) is 65.8 Å². The molecule has 0 bridgehead atoms. The number of aromatic nitrogens is 2. The lowest BCUT2D eigenvalue weighted by atomic mass is 10.2. The smallest absolute Gasteiger partial charge is 0.262 e. The van der Waals surface area contributed by atoms with Crippen LogP contribution in [0, 0.1) is 6.92 Å². The number of carbonyl (C=O) groups excluding carboxylic acids is 1. The zero-order chi connectivity index (χ0) is 22.6. The fourth-order valence-electron chi connectivity index (χ4n) is 3.10. The lowest BCUT2D eigenvalue weighted by Crippen LogP contribution is -2.29. The van der Waals surface area contributed by atoms with Crippen LogP contribution in [0.25, 0.3) is 0 Å². The van der Waals surface area contributed by atoms with Crippen molar-refractivity contribution in [1.29, 1.82) is 0 Å². The number of amidine groups is 1. The highest BCUT2D eigenvalue weighted by molar-refractivity contribution is 7.90. The van der Waals surface area contributed by atoms with E-state index in [-0.39, 0.29) is 17.1 Å². The molecule has 166 valence electrons. The van der Waals surface area contributed by atoms with Crippen LogP contribution in [-0.4, -0.2) is 36.8 Å². The molecule has 0 radical (unpaired) electrons. The minimum atomic E-state index is -3.79. The number of anilines is 1. The Morgan fingerprint density at radius 2 is 2.03 bits per heavy atom. The molecule has 0 aliphatic carbocycles. The number of nitrogens with zero attached hydrogens (tertiary/aromatic N) is 3. The summed E-state index contributed by atoms with van der Waals surface area (Å²) >= 11 is 0. The first-order chi connectivity index (χ1) is 15.4. The number of aryl methyl sites for hydroxylation is 1. The molecule has 0 atom stereocenters. The van der Waals surface area contributed by atoms with Crippen LogP contribution in [0.2, 0.25) is 0 Å². The van der Waals surface area contributed by atoms with Gasteiger partial charge in [-0.25, -0.2) is 8.42 Å². The van der Waals surface area contributed by atoms with Crippen molar-refractivity contribution in [3.63, 3.8) is 0 Å². The van der Waals surface area contributed by atoms with E-state index in [2.05, 4.69) is 25.2 Å². The second kappa shape index (κ2) is 9.18. The van der Waals surface area contributed by atoms with Gasteiger partial charge in [0.15, 0.2) is 6.61 Å². The van der Waals surface area contributed by atoms with E-state index in [9.17, 15) is 13.2 Å². The fraction of sp³-hybridized carbons (Fsp3) is 0.238. The number of nitrogens with one attached hydrogen (secondary N) is 2. The average molecular weight is 455 g/mol. The second-order valence-corrected chi connectivity index (χ2v) is 8.72. The summed E-state index contributed by atoms with van der Waals surface area (Å²) < 4.78 is 38.3. The Bertz CT molecular complexity index is 1270. The third-order valence-corrected chi connectivity index (χ3v) is 5.97. The van der Waals surface area contributed by atoms with Crippen molar-refractivity contribution in [2.75, 3.05) is 11.9 Å². The predicted octanol–water partition coefficient (Wildman–Crippen LogP) is 2.68. The standard InChI is InChI=1S/C21H21N5O5S/c1-14-23-20(25-31-14)13-30-18-9-3-2-8-17(18)21(27)24-15-6-4-7-16(12-15)32(28,29)26-19-10-5-11-22-19/h2-4,6-9,12H,5,10-11,13H2,1H3,(H,22,26)(H,24,27). The molecule has 0 fully saturated rings. The first-order valence-electron chi connectivity index (χ1n) is 9.89. The summed E-state index contributed by atoms with van der Waals surface area (Å²) in [7, 11) is -3.79. The van der Waals surface area contributed by atoms with Crippen LogP contribution in [0.5, 0.6) is 5.75 Å². The van der Waals surface area contributed by atoms with Crippen molar-refractivity contribution < 1.29 is 22.5 Å². The summed E-state index contributed by atoms with van der Waals surface area (Å²) in [5.41, 5.74) is 0.606. The van der Waals surface area contributed by atoms with Gasteiger partial charge in [0.25, 0.3) is 15.9 Å². The van der Waals surface area contributed by atoms with Crippen molar-refractivity contribution in [2.45, 2.75) is 31.3 Å². The Hall–Kier alpha value is -3.73. The van der Waals surface area contributed by atoms with E-state index >= 15 is 0 Å². The molecule has 0 saturated heterocycles. The molecule has 0 saturated carbocycles. The van der Waals surface area contributed by atoms with Gasteiger partial charge < -0.3 is 14.6 Å². The summed E-state index contributed by atoms with van der Waals surface area (Å²) in [6.07, 6.45) is 1.41. The average Bonchev–Trinajstić information content (AvgIpc) is 3.44. The number of hydrogen-bond donors (Lipinski definition) is 2. The van der Waals surface area contributed by atoms with Crippen LogP contribution in [0.3, 0.4) is 0 Å². The molecular formula is C21H21N5O5S. The fourth-order valence-corrected chi connectivity index (χ4v) is 4.23. The first-order valence-corrected chi connectivity index (χ1v) is 11.4. The Labute approximate surface area is 184 Å². The van der Waals surface area contributed by atoms with Gasteiger partial charge in [0.2, 0.25) is 11.7 Å². The number of sulfonamides is 1. The van der Waals surface area contributed by atoms with Crippen LogP contribution >= 0.6 is 0 Å². The molecular weight excluding hydrogens is 434 g/mol. The number of amides is 1. The zero-order valence-corrected chi connectivity index (χ0v) is 18.1.